The monoisotopic (exact) mass is 154 g/mol. The lowest BCUT2D eigenvalue weighted by Gasteiger charge is -2.53. The molecule has 2 saturated heterocycles. The van der Waals surface area contributed by atoms with E-state index in [9.17, 15) is 0 Å². The third-order valence-electron chi connectivity index (χ3n) is 3.04. The molecular formula is C9H18N2. The van der Waals surface area contributed by atoms with Gasteiger partial charge in [-0.05, 0) is 33.2 Å². The van der Waals surface area contributed by atoms with Gasteiger partial charge >= 0.3 is 0 Å². The number of likely N-dealkylation sites (tertiary alicyclic amines) is 1. The van der Waals surface area contributed by atoms with E-state index >= 15 is 0 Å². The van der Waals surface area contributed by atoms with Crippen molar-refractivity contribution in [2.24, 2.45) is 0 Å². The van der Waals surface area contributed by atoms with Gasteiger partial charge in [-0.1, -0.05) is 0 Å². The fourth-order valence-corrected chi connectivity index (χ4v) is 2.34. The highest BCUT2D eigenvalue weighted by atomic mass is 15.3. The largest absolute Gasteiger partial charge is 0.311 e. The molecule has 2 aliphatic heterocycles. The van der Waals surface area contributed by atoms with E-state index in [1.54, 1.807) is 0 Å². The zero-order valence-corrected chi connectivity index (χ0v) is 7.51. The van der Waals surface area contributed by atoms with Crippen LogP contribution in [0.15, 0.2) is 0 Å². The van der Waals surface area contributed by atoms with E-state index in [4.69, 9.17) is 0 Å². The number of fused-ring (bicyclic) bond motifs is 1. The van der Waals surface area contributed by atoms with Crippen molar-refractivity contribution in [3.8, 4) is 0 Å². The Bertz CT molecular complexity index is 144. The molecule has 2 fully saturated rings. The fraction of sp³-hybridized carbons (Fsp3) is 1.00. The standard InChI is InChI=1S/C9H18N2/c1-7(2)11-6-8-9(11)4-3-5-10-8/h7-10H,3-6H2,1-2H3. The summed E-state index contributed by atoms with van der Waals surface area (Å²) in [6, 6.07) is 2.44. The van der Waals surface area contributed by atoms with Crippen LogP contribution in [0.25, 0.3) is 0 Å². The van der Waals surface area contributed by atoms with Crippen LogP contribution in [0.4, 0.5) is 0 Å². The van der Waals surface area contributed by atoms with Crippen LogP contribution < -0.4 is 5.32 Å². The topological polar surface area (TPSA) is 15.3 Å². The second-order valence-electron chi connectivity index (χ2n) is 4.06. The number of nitrogens with one attached hydrogen (secondary N) is 1. The molecule has 2 rings (SSSR count). The first-order valence-electron chi connectivity index (χ1n) is 4.78. The average molecular weight is 154 g/mol. The molecule has 0 spiro atoms. The summed E-state index contributed by atoms with van der Waals surface area (Å²) in [5.41, 5.74) is 0. The summed E-state index contributed by atoms with van der Waals surface area (Å²) in [6.07, 6.45) is 2.78. The molecule has 0 radical (unpaired) electrons. The molecule has 0 aromatic carbocycles. The maximum atomic E-state index is 3.56. The Morgan fingerprint density at radius 1 is 1.45 bits per heavy atom. The number of hydrogen-bond donors (Lipinski definition) is 1. The molecule has 2 heterocycles. The van der Waals surface area contributed by atoms with Crippen LogP contribution in [-0.2, 0) is 0 Å². The van der Waals surface area contributed by atoms with Crippen molar-refractivity contribution in [2.45, 2.75) is 44.8 Å². The molecule has 2 nitrogen and oxygen atoms in total. The molecule has 11 heavy (non-hydrogen) atoms. The van der Waals surface area contributed by atoms with Crippen LogP contribution in [0.3, 0.4) is 0 Å². The molecule has 2 aliphatic rings. The lowest BCUT2D eigenvalue weighted by Crippen LogP contribution is -2.69. The molecule has 0 aromatic heterocycles. The van der Waals surface area contributed by atoms with Crippen LogP contribution in [0.2, 0.25) is 0 Å². The number of nitrogens with zero attached hydrogens (tertiary/aromatic N) is 1. The van der Waals surface area contributed by atoms with Crippen molar-refractivity contribution in [1.82, 2.24) is 10.2 Å². The van der Waals surface area contributed by atoms with E-state index in [-0.39, 0.29) is 0 Å². The van der Waals surface area contributed by atoms with E-state index in [1.165, 1.54) is 25.9 Å². The predicted octanol–water partition coefficient (Wildman–Crippen LogP) is 0.831. The van der Waals surface area contributed by atoms with E-state index in [2.05, 4.69) is 24.1 Å². The maximum absolute atomic E-state index is 3.56. The van der Waals surface area contributed by atoms with Gasteiger partial charge in [-0.25, -0.2) is 0 Å². The first kappa shape index (κ1) is 7.56. The molecular weight excluding hydrogens is 136 g/mol. The highest BCUT2D eigenvalue weighted by molar-refractivity contribution is 5.00. The molecule has 2 heteroatoms. The molecule has 0 bridgehead atoms. The van der Waals surface area contributed by atoms with Crippen LogP contribution in [0.5, 0.6) is 0 Å². The van der Waals surface area contributed by atoms with Gasteiger partial charge in [0.1, 0.15) is 0 Å². The van der Waals surface area contributed by atoms with Crippen molar-refractivity contribution < 1.29 is 0 Å². The van der Waals surface area contributed by atoms with Crippen molar-refractivity contribution >= 4 is 0 Å². The Balaban J connectivity index is 1.91. The molecule has 0 aromatic rings. The van der Waals surface area contributed by atoms with Gasteiger partial charge in [-0.2, -0.15) is 0 Å². The van der Waals surface area contributed by atoms with Gasteiger partial charge in [-0.15, -0.1) is 0 Å². The van der Waals surface area contributed by atoms with Crippen LogP contribution >= 0.6 is 0 Å². The quantitative estimate of drug-likeness (QED) is 0.602. The average Bonchev–Trinajstić information content (AvgIpc) is 1.90. The van der Waals surface area contributed by atoms with Crippen LogP contribution in [0, 0.1) is 0 Å². The SMILES string of the molecule is CC(C)N1CC2NCCCC21. The summed E-state index contributed by atoms with van der Waals surface area (Å²) in [7, 11) is 0. The Labute approximate surface area is 69.0 Å². The van der Waals surface area contributed by atoms with Gasteiger partial charge in [-0.3, -0.25) is 4.90 Å². The lowest BCUT2D eigenvalue weighted by molar-refractivity contribution is -0.00561. The van der Waals surface area contributed by atoms with Gasteiger partial charge in [0.05, 0.1) is 0 Å². The normalized spacial score (nSPS) is 38.5. The van der Waals surface area contributed by atoms with E-state index in [1.807, 2.05) is 0 Å². The zero-order valence-electron chi connectivity index (χ0n) is 7.51. The van der Waals surface area contributed by atoms with Gasteiger partial charge in [0.15, 0.2) is 0 Å². The molecule has 2 unspecified atom stereocenters. The minimum absolute atomic E-state index is 0.746. The summed E-state index contributed by atoms with van der Waals surface area (Å²) < 4.78 is 0. The zero-order chi connectivity index (χ0) is 7.84. The smallest absolute Gasteiger partial charge is 0.0351 e. The molecule has 2 atom stereocenters. The van der Waals surface area contributed by atoms with Gasteiger partial charge < -0.3 is 5.32 Å². The fourth-order valence-electron chi connectivity index (χ4n) is 2.34. The third kappa shape index (κ3) is 1.18. The maximum Gasteiger partial charge on any atom is 0.0351 e. The first-order chi connectivity index (χ1) is 5.29. The number of hydrogen-bond acceptors (Lipinski definition) is 2. The minimum atomic E-state index is 0.746. The van der Waals surface area contributed by atoms with Crippen LogP contribution in [0.1, 0.15) is 26.7 Å². The molecule has 0 aliphatic carbocycles. The summed E-state index contributed by atoms with van der Waals surface area (Å²) in [5.74, 6) is 0. The number of piperidine rings is 1. The summed E-state index contributed by atoms with van der Waals surface area (Å²) in [6.45, 7) is 7.12. The predicted molar refractivity (Wildman–Crippen MR) is 46.7 cm³/mol. The number of rotatable bonds is 1. The highest BCUT2D eigenvalue weighted by Crippen LogP contribution is 2.27. The lowest BCUT2D eigenvalue weighted by atomic mass is 9.87. The third-order valence-corrected chi connectivity index (χ3v) is 3.04. The highest BCUT2D eigenvalue weighted by Gasteiger charge is 2.40. The second kappa shape index (κ2) is 2.76. The van der Waals surface area contributed by atoms with Crippen molar-refractivity contribution in [3.05, 3.63) is 0 Å². The first-order valence-corrected chi connectivity index (χ1v) is 4.78. The Morgan fingerprint density at radius 3 is 2.91 bits per heavy atom. The minimum Gasteiger partial charge on any atom is -0.311 e. The molecule has 0 saturated carbocycles. The van der Waals surface area contributed by atoms with Crippen molar-refractivity contribution in [3.63, 3.8) is 0 Å². The molecule has 0 amide bonds. The summed E-state index contributed by atoms with van der Waals surface area (Å²) >= 11 is 0. The van der Waals surface area contributed by atoms with E-state index in [0.29, 0.717) is 0 Å². The van der Waals surface area contributed by atoms with Gasteiger partial charge in [0.2, 0.25) is 0 Å². The Morgan fingerprint density at radius 2 is 2.27 bits per heavy atom. The van der Waals surface area contributed by atoms with Crippen LogP contribution in [-0.4, -0.2) is 36.1 Å². The van der Waals surface area contributed by atoms with E-state index in [0.717, 1.165) is 18.1 Å². The van der Waals surface area contributed by atoms with Gasteiger partial charge in [0.25, 0.3) is 0 Å². The summed E-state index contributed by atoms with van der Waals surface area (Å²) in [4.78, 5) is 2.61. The molecule has 1 N–H and O–H groups in total. The summed E-state index contributed by atoms with van der Waals surface area (Å²) in [5, 5.41) is 3.56. The van der Waals surface area contributed by atoms with E-state index < -0.39 is 0 Å². The van der Waals surface area contributed by atoms with Crippen molar-refractivity contribution in [2.75, 3.05) is 13.1 Å². The van der Waals surface area contributed by atoms with Gasteiger partial charge in [0, 0.05) is 24.7 Å². The second-order valence-corrected chi connectivity index (χ2v) is 4.06. The Hall–Kier alpha value is -0.0800. The van der Waals surface area contributed by atoms with Crippen molar-refractivity contribution in [1.29, 1.82) is 0 Å². The Kier molecular flexibility index (Phi) is 1.90. The molecule has 64 valence electrons.